The molecule has 218 valence electrons. The minimum Gasteiger partial charge on any atom is -0.457 e. The van der Waals surface area contributed by atoms with Crippen LogP contribution in [0, 0.1) is 20.2 Å². The lowest BCUT2D eigenvalue weighted by atomic mass is 10.1. The Kier molecular flexibility index (Phi) is 9.43. The van der Waals surface area contributed by atoms with Crippen LogP contribution in [-0.2, 0) is 13.1 Å². The van der Waals surface area contributed by atoms with Crippen molar-refractivity contribution >= 4 is 23.8 Å². The molecule has 0 aromatic heterocycles. The largest absolute Gasteiger partial charge is 0.457 e. The third-order valence-electron chi connectivity index (χ3n) is 6.38. The molecule has 0 aliphatic heterocycles. The van der Waals surface area contributed by atoms with Crippen LogP contribution in [0.4, 0.5) is 11.4 Å². The Bertz CT molecular complexity index is 1630. The molecule has 0 saturated carbocycles. The average molecular weight is 587 g/mol. The van der Waals surface area contributed by atoms with Gasteiger partial charge in [0.25, 0.3) is 11.4 Å². The van der Waals surface area contributed by atoms with Gasteiger partial charge in [0.05, 0.1) is 22.9 Å². The predicted octanol–water partition coefficient (Wildman–Crippen LogP) is 8.33. The van der Waals surface area contributed by atoms with Gasteiger partial charge in [-0.3, -0.25) is 30.2 Å². The molecule has 5 aromatic carbocycles. The topological polar surface area (TPSA) is 129 Å². The molecule has 5 rings (SSSR count). The zero-order chi connectivity index (χ0) is 30.7. The van der Waals surface area contributed by atoms with Crippen LogP contribution in [-0.4, -0.2) is 22.3 Å². The van der Waals surface area contributed by atoms with Crippen LogP contribution in [0.3, 0.4) is 0 Å². The molecule has 10 nitrogen and oxygen atoms in total. The SMILES string of the molecule is O=[N+]([O-])c1ccc(Oc2ccc(C=NCc3ccc(CN=Cc4ccc(Oc5ccc([N+](=O)[O-])cc5)cc4)cc3)cc2)cc1. The van der Waals surface area contributed by atoms with Crippen molar-refractivity contribution in [1.29, 1.82) is 0 Å². The zero-order valence-corrected chi connectivity index (χ0v) is 23.4. The molecule has 0 amide bonds. The Morgan fingerprint density at radius 1 is 0.477 bits per heavy atom. The summed E-state index contributed by atoms with van der Waals surface area (Å²) in [6.07, 6.45) is 3.60. The van der Waals surface area contributed by atoms with Crippen LogP contribution in [0.5, 0.6) is 23.0 Å². The number of non-ortho nitro benzene ring substituents is 2. The van der Waals surface area contributed by atoms with E-state index >= 15 is 0 Å². The van der Waals surface area contributed by atoms with E-state index in [1.807, 2.05) is 72.8 Å². The van der Waals surface area contributed by atoms with Gasteiger partial charge in [-0.15, -0.1) is 0 Å². The van der Waals surface area contributed by atoms with Crippen molar-refractivity contribution in [2.24, 2.45) is 9.98 Å². The quantitative estimate of drug-likeness (QED) is 0.0821. The fraction of sp³-hybridized carbons (Fsp3) is 0.0588. The van der Waals surface area contributed by atoms with E-state index in [2.05, 4.69) is 9.98 Å². The van der Waals surface area contributed by atoms with Gasteiger partial charge >= 0.3 is 0 Å². The second-order valence-corrected chi connectivity index (χ2v) is 9.60. The molecule has 0 unspecified atom stereocenters. The number of benzene rings is 5. The summed E-state index contributed by atoms with van der Waals surface area (Å²) in [6, 6.07) is 34.9. The van der Waals surface area contributed by atoms with E-state index in [9.17, 15) is 20.2 Å². The van der Waals surface area contributed by atoms with E-state index in [1.54, 1.807) is 36.7 Å². The van der Waals surface area contributed by atoms with Gasteiger partial charge in [-0.2, -0.15) is 0 Å². The number of hydrogen-bond donors (Lipinski definition) is 0. The first kappa shape index (κ1) is 29.3. The minimum atomic E-state index is -0.448. The lowest BCUT2D eigenvalue weighted by molar-refractivity contribution is -0.385. The van der Waals surface area contributed by atoms with Crippen molar-refractivity contribution in [3.63, 3.8) is 0 Å². The smallest absolute Gasteiger partial charge is 0.269 e. The number of ether oxygens (including phenoxy) is 2. The molecule has 0 aliphatic carbocycles. The van der Waals surface area contributed by atoms with Crippen LogP contribution in [0.15, 0.2) is 131 Å². The predicted molar refractivity (Wildman–Crippen MR) is 168 cm³/mol. The van der Waals surface area contributed by atoms with Gasteiger partial charge in [0.1, 0.15) is 23.0 Å². The number of hydrogen-bond acceptors (Lipinski definition) is 8. The van der Waals surface area contributed by atoms with E-state index in [0.717, 1.165) is 22.3 Å². The lowest BCUT2D eigenvalue weighted by Gasteiger charge is -2.05. The maximum Gasteiger partial charge on any atom is 0.269 e. The molecular weight excluding hydrogens is 560 g/mol. The Morgan fingerprint density at radius 2 is 0.773 bits per heavy atom. The van der Waals surface area contributed by atoms with Crippen LogP contribution in [0.25, 0.3) is 0 Å². The molecule has 0 spiro atoms. The van der Waals surface area contributed by atoms with Gasteiger partial charge in [-0.25, -0.2) is 0 Å². The molecule has 0 heterocycles. The van der Waals surface area contributed by atoms with Gasteiger partial charge in [0.15, 0.2) is 0 Å². The highest BCUT2D eigenvalue weighted by Crippen LogP contribution is 2.25. The standard InChI is InChI=1S/C34H26N4O6/c39-37(40)29-9-17-33(18-10-29)43-31-13-5-27(6-14-31)23-35-21-25-1-2-26(4-3-25)22-36-24-28-7-15-32(16-8-28)44-34-19-11-30(12-20-34)38(41)42/h1-20,23-24H,21-22H2. The summed E-state index contributed by atoms with van der Waals surface area (Å²) >= 11 is 0. The molecule has 0 atom stereocenters. The van der Waals surface area contributed by atoms with Crippen molar-refractivity contribution in [3.8, 4) is 23.0 Å². The van der Waals surface area contributed by atoms with Crippen molar-refractivity contribution in [3.05, 3.63) is 164 Å². The summed E-state index contributed by atoms with van der Waals surface area (Å²) < 4.78 is 11.5. The van der Waals surface area contributed by atoms with Crippen LogP contribution in [0.2, 0.25) is 0 Å². The van der Waals surface area contributed by atoms with Crippen LogP contribution >= 0.6 is 0 Å². The van der Waals surface area contributed by atoms with Gasteiger partial charge in [0.2, 0.25) is 0 Å². The summed E-state index contributed by atoms with van der Waals surface area (Å²) in [5.41, 5.74) is 4.05. The third-order valence-corrected chi connectivity index (χ3v) is 6.38. The molecule has 0 N–H and O–H groups in total. The molecule has 0 saturated heterocycles. The van der Waals surface area contributed by atoms with Gasteiger partial charge in [-0.1, -0.05) is 24.3 Å². The van der Waals surface area contributed by atoms with E-state index in [0.29, 0.717) is 36.1 Å². The number of rotatable bonds is 12. The summed E-state index contributed by atoms with van der Waals surface area (Å²) in [7, 11) is 0. The molecule has 44 heavy (non-hydrogen) atoms. The summed E-state index contributed by atoms with van der Waals surface area (Å²) in [5.74, 6) is 2.29. The highest BCUT2D eigenvalue weighted by Gasteiger charge is 2.06. The Balaban J connectivity index is 1.06. The number of aliphatic imine (C=N–C) groups is 2. The summed E-state index contributed by atoms with van der Waals surface area (Å²) in [6.45, 7) is 1.08. The monoisotopic (exact) mass is 586 g/mol. The number of nitro benzene ring substituents is 2. The zero-order valence-electron chi connectivity index (χ0n) is 23.4. The third kappa shape index (κ3) is 8.43. The second kappa shape index (κ2) is 14.1. The number of nitro groups is 2. The number of nitrogens with zero attached hydrogens (tertiary/aromatic N) is 4. The molecule has 0 fully saturated rings. The summed E-state index contributed by atoms with van der Waals surface area (Å²) in [4.78, 5) is 29.7. The first-order chi connectivity index (χ1) is 21.4. The van der Waals surface area contributed by atoms with Gasteiger partial charge < -0.3 is 9.47 Å². The maximum atomic E-state index is 10.8. The highest BCUT2D eigenvalue weighted by atomic mass is 16.6. The first-order valence-corrected chi connectivity index (χ1v) is 13.5. The van der Waals surface area contributed by atoms with Crippen molar-refractivity contribution in [1.82, 2.24) is 0 Å². The van der Waals surface area contributed by atoms with E-state index in [-0.39, 0.29) is 11.4 Å². The van der Waals surface area contributed by atoms with Crippen molar-refractivity contribution < 1.29 is 19.3 Å². The van der Waals surface area contributed by atoms with E-state index in [1.165, 1.54) is 24.3 Å². The first-order valence-electron chi connectivity index (χ1n) is 13.5. The fourth-order valence-electron chi connectivity index (χ4n) is 4.05. The maximum absolute atomic E-state index is 10.8. The molecule has 0 radical (unpaired) electrons. The molecule has 10 heteroatoms. The summed E-state index contributed by atoms with van der Waals surface area (Å²) in [5, 5.41) is 21.6. The van der Waals surface area contributed by atoms with E-state index < -0.39 is 9.85 Å². The van der Waals surface area contributed by atoms with Gasteiger partial charge in [0, 0.05) is 36.7 Å². The Labute approximate surface area is 252 Å². The Morgan fingerprint density at radius 3 is 1.07 bits per heavy atom. The lowest BCUT2D eigenvalue weighted by Crippen LogP contribution is -1.90. The van der Waals surface area contributed by atoms with E-state index in [4.69, 9.17) is 9.47 Å². The van der Waals surface area contributed by atoms with Crippen LogP contribution in [0.1, 0.15) is 22.3 Å². The fourth-order valence-corrected chi connectivity index (χ4v) is 4.05. The second-order valence-electron chi connectivity index (χ2n) is 9.60. The highest BCUT2D eigenvalue weighted by molar-refractivity contribution is 5.80. The molecular formula is C34H26N4O6. The van der Waals surface area contributed by atoms with Gasteiger partial charge in [-0.05, 0) is 95.1 Å². The normalized spacial score (nSPS) is 11.1. The molecule has 5 aromatic rings. The van der Waals surface area contributed by atoms with Crippen molar-refractivity contribution in [2.75, 3.05) is 0 Å². The van der Waals surface area contributed by atoms with Crippen LogP contribution < -0.4 is 9.47 Å². The average Bonchev–Trinajstić information content (AvgIpc) is 3.04. The Hall–Kier alpha value is -6.16. The molecule has 0 bridgehead atoms. The van der Waals surface area contributed by atoms with Crippen molar-refractivity contribution in [2.45, 2.75) is 13.1 Å². The molecule has 0 aliphatic rings. The minimum absolute atomic E-state index is 0.0158.